The van der Waals surface area contributed by atoms with Gasteiger partial charge < -0.3 is 15.5 Å². The van der Waals surface area contributed by atoms with E-state index in [0.717, 1.165) is 12.1 Å². The average molecular weight is 360 g/mol. The Morgan fingerprint density at radius 1 is 1.28 bits per heavy atom. The summed E-state index contributed by atoms with van der Waals surface area (Å²) in [4.78, 5) is 12.1. The lowest BCUT2D eigenvalue weighted by molar-refractivity contribution is -0.138. The molecule has 25 heavy (non-hydrogen) atoms. The molecule has 2 fully saturated rings. The number of carbonyl (C=O) groups excluding carboxylic acids is 1. The zero-order valence-corrected chi connectivity index (χ0v) is 13.3. The molecule has 2 aliphatic rings. The minimum Gasteiger partial charge on any atom is -0.395 e. The fourth-order valence-corrected chi connectivity index (χ4v) is 3.31. The first-order valence-corrected chi connectivity index (χ1v) is 7.79. The van der Waals surface area contributed by atoms with Crippen LogP contribution in [0.4, 0.5) is 13.2 Å². The van der Waals surface area contributed by atoms with Crippen LogP contribution >= 0.6 is 0 Å². The number of nitrogens with zero attached hydrogens (tertiary/aromatic N) is 1. The maximum absolute atomic E-state index is 12.7. The Hall–Kier alpha value is -1.72. The predicted octanol–water partition coefficient (Wildman–Crippen LogP) is -0.115. The van der Waals surface area contributed by atoms with E-state index < -0.39 is 48.2 Å². The second-order valence-corrected chi connectivity index (χ2v) is 6.17. The van der Waals surface area contributed by atoms with E-state index in [-0.39, 0.29) is 6.61 Å². The molecule has 0 spiro atoms. The minimum absolute atomic E-state index is 0.303. The number of hydrogen-bond donors (Lipinski definition) is 5. The molecule has 0 radical (unpaired) electrons. The van der Waals surface area contributed by atoms with Gasteiger partial charge in [-0.3, -0.25) is 10.1 Å². The largest absolute Gasteiger partial charge is 0.416 e. The van der Waals surface area contributed by atoms with Crippen molar-refractivity contribution in [3.63, 3.8) is 0 Å². The molecule has 0 bridgehead atoms. The third-order valence-corrected chi connectivity index (χ3v) is 4.63. The molecule has 1 amide bonds. The summed E-state index contributed by atoms with van der Waals surface area (Å²) in [7, 11) is 0. The van der Waals surface area contributed by atoms with Crippen LogP contribution in [-0.2, 0) is 11.0 Å². The average Bonchev–Trinajstić information content (AvgIpc) is 2.92. The third kappa shape index (κ3) is 3.35. The molecule has 3 rings (SSSR count). The van der Waals surface area contributed by atoms with Crippen molar-refractivity contribution in [2.45, 2.75) is 37.7 Å². The number of benzene rings is 1. The highest BCUT2D eigenvalue weighted by molar-refractivity contribution is 5.81. The number of fused-ring (bicyclic) bond motifs is 1. The summed E-state index contributed by atoms with van der Waals surface area (Å²) in [6.45, 7) is 1.45. The first kappa shape index (κ1) is 18.1. The minimum atomic E-state index is -4.41. The summed E-state index contributed by atoms with van der Waals surface area (Å²) in [6.07, 6.45) is -6.26. The molecule has 5 N–H and O–H groups in total. The topological polar surface area (TPSA) is 96.9 Å². The van der Waals surface area contributed by atoms with Crippen LogP contribution in [0.25, 0.3) is 0 Å². The van der Waals surface area contributed by atoms with Gasteiger partial charge in [-0.1, -0.05) is 12.1 Å². The summed E-state index contributed by atoms with van der Waals surface area (Å²) in [5.41, 5.74) is 2.86. The van der Waals surface area contributed by atoms with Gasteiger partial charge in [0.15, 0.2) is 6.35 Å². The molecule has 0 aromatic heterocycles. The van der Waals surface area contributed by atoms with Crippen molar-refractivity contribution in [1.29, 1.82) is 0 Å². The van der Waals surface area contributed by atoms with Crippen LogP contribution in [0.2, 0.25) is 0 Å². The SMILES string of the molecule is CC(c1ccc(C(F)(F)F)cc1)N1NC(CO)C2C(=O)NC(O)NC21. The van der Waals surface area contributed by atoms with Crippen molar-refractivity contribution < 1.29 is 28.2 Å². The van der Waals surface area contributed by atoms with Crippen molar-refractivity contribution in [1.82, 2.24) is 21.1 Å². The van der Waals surface area contributed by atoms with Crippen LogP contribution in [0.3, 0.4) is 0 Å². The van der Waals surface area contributed by atoms with E-state index in [9.17, 15) is 28.2 Å². The van der Waals surface area contributed by atoms with Crippen molar-refractivity contribution >= 4 is 5.91 Å². The maximum Gasteiger partial charge on any atom is 0.416 e. The number of hydrogen-bond acceptors (Lipinski definition) is 6. The van der Waals surface area contributed by atoms with Gasteiger partial charge in [-0.25, -0.2) is 10.4 Å². The van der Waals surface area contributed by atoms with E-state index in [1.807, 2.05) is 0 Å². The molecule has 1 aromatic rings. The number of alkyl halides is 3. The second kappa shape index (κ2) is 6.54. The number of rotatable bonds is 3. The highest BCUT2D eigenvalue weighted by Gasteiger charge is 2.50. The maximum atomic E-state index is 12.7. The van der Waals surface area contributed by atoms with Crippen LogP contribution in [0.5, 0.6) is 0 Å². The smallest absolute Gasteiger partial charge is 0.395 e. The van der Waals surface area contributed by atoms with Gasteiger partial charge in [0.2, 0.25) is 5.91 Å². The number of carbonyl (C=O) groups is 1. The van der Waals surface area contributed by atoms with Crippen molar-refractivity contribution in [3.8, 4) is 0 Å². The lowest BCUT2D eigenvalue weighted by atomic mass is 9.96. The molecular weight excluding hydrogens is 341 g/mol. The Labute approximate surface area is 141 Å². The fraction of sp³-hybridized carbons (Fsp3) is 0.533. The van der Waals surface area contributed by atoms with Crippen LogP contribution in [0.15, 0.2) is 24.3 Å². The Morgan fingerprint density at radius 2 is 1.92 bits per heavy atom. The summed E-state index contributed by atoms with van der Waals surface area (Å²) in [5, 5.41) is 26.0. The van der Waals surface area contributed by atoms with Gasteiger partial charge in [-0.2, -0.15) is 13.2 Å². The summed E-state index contributed by atoms with van der Waals surface area (Å²) in [5.74, 6) is -1.06. The van der Waals surface area contributed by atoms with E-state index in [0.29, 0.717) is 5.56 Å². The van der Waals surface area contributed by atoms with Crippen LogP contribution in [-0.4, -0.2) is 46.3 Å². The lowest BCUT2D eigenvalue weighted by Gasteiger charge is -2.37. The Bertz CT molecular complexity index is 640. The third-order valence-electron chi connectivity index (χ3n) is 4.63. The molecule has 0 saturated carbocycles. The quantitative estimate of drug-likeness (QED) is 0.516. The van der Waals surface area contributed by atoms with Gasteiger partial charge in [-0.05, 0) is 24.6 Å². The number of halogens is 3. The zero-order valence-electron chi connectivity index (χ0n) is 13.3. The van der Waals surface area contributed by atoms with Crippen molar-refractivity contribution in [3.05, 3.63) is 35.4 Å². The van der Waals surface area contributed by atoms with E-state index in [1.54, 1.807) is 11.9 Å². The first-order chi connectivity index (χ1) is 11.7. The summed E-state index contributed by atoms with van der Waals surface area (Å²) < 4.78 is 38.1. The molecule has 7 nitrogen and oxygen atoms in total. The van der Waals surface area contributed by atoms with Gasteiger partial charge in [0.05, 0.1) is 30.3 Å². The molecule has 5 unspecified atom stereocenters. The predicted molar refractivity (Wildman–Crippen MR) is 80.3 cm³/mol. The van der Waals surface area contributed by atoms with Crippen molar-refractivity contribution in [2.24, 2.45) is 5.92 Å². The van der Waals surface area contributed by atoms with Crippen molar-refractivity contribution in [2.75, 3.05) is 6.61 Å². The fourth-order valence-electron chi connectivity index (χ4n) is 3.31. The van der Waals surface area contributed by atoms with E-state index in [4.69, 9.17) is 0 Å². The van der Waals surface area contributed by atoms with Crippen LogP contribution in [0, 0.1) is 5.92 Å². The number of aliphatic hydroxyl groups excluding tert-OH is 2. The van der Waals surface area contributed by atoms with Gasteiger partial charge in [0.25, 0.3) is 0 Å². The normalized spacial score (nSPS) is 31.5. The molecule has 2 aliphatic heterocycles. The molecule has 0 aliphatic carbocycles. The summed E-state index contributed by atoms with van der Waals surface area (Å²) in [6, 6.07) is 3.77. The highest BCUT2D eigenvalue weighted by atomic mass is 19.4. The number of aliphatic hydroxyl groups is 2. The first-order valence-electron chi connectivity index (χ1n) is 7.79. The number of nitrogens with one attached hydrogen (secondary N) is 3. The van der Waals surface area contributed by atoms with E-state index in [2.05, 4.69) is 16.1 Å². The Morgan fingerprint density at radius 3 is 2.48 bits per heavy atom. The van der Waals surface area contributed by atoms with Gasteiger partial charge in [-0.15, -0.1) is 0 Å². The Kier molecular flexibility index (Phi) is 4.73. The Balaban J connectivity index is 1.83. The van der Waals surface area contributed by atoms with E-state index >= 15 is 0 Å². The number of amides is 1. The monoisotopic (exact) mass is 360 g/mol. The van der Waals surface area contributed by atoms with E-state index in [1.165, 1.54) is 12.1 Å². The standard InChI is InChI=1S/C15H19F3N4O3/c1-7(8-2-4-9(5-3-8)15(16,17)18)22-12-11(10(6-23)21-22)13(24)20-14(25)19-12/h2-5,7,10-12,14,19,21,23,25H,6H2,1H3,(H,20,24). The van der Waals surface area contributed by atoms with Crippen LogP contribution < -0.4 is 16.1 Å². The highest BCUT2D eigenvalue weighted by Crippen LogP contribution is 2.33. The molecule has 2 heterocycles. The molecule has 1 aromatic carbocycles. The van der Waals surface area contributed by atoms with Gasteiger partial charge in [0.1, 0.15) is 0 Å². The van der Waals surface area contributed by atoms with Crippen LogP contribution in [0.1, 0.15) is 24.1 Å². The second-order valence-electron chi connectivity index (χ2n) is 6.17. The van der Waals surface area contributed by atoms with Gasteiger partial charge in [0, 0.05) is 6.04 Å². The lowest BCUT2D eigenvalue weighted by Crippen LogP contribution is -2.64. The number of hydrazine groups is 1. The molecule has 10 heteroatoms. The molecule has 5 atom stereocenters. The van der Waals surface area contributed by atoms with Gasteiger partial charge >= 0.3 is 6.18 Å². The zero-order chi connectivity index (χ0) is 18.4. The summed E-state index contributed by atoms with van der Waals surface area (Å²) >= 11 is 0. The molecule has 138 valence electrons. The molecular formula is C15H19F3N4O3. The molecule has 2 saturated heterocycles.